The Kier molecular flexibility index (Phi) is 4.17. The SMILES string of the molecule is Cc1occc1CN(C)c1ccc(C(C)N)cc1Cl. The van der Waals surface area contributed by atoms with Crippen molar-refractivity contribution in [1.82, 2.24) is 0 Å². The molecule has 2 aromatic rings. The maximum absolute atomic E-state index is 6.33. The number of furan rings is 1. The maximum atomic E-state index is 6.33. The van der Waals surface area contributed by atoms with Crippen molar-refractivity contribution in [2.24, 2.45) is 5.73 Å². The normalized spacial score (nSPS) is 12.5. The molecule has 0 bridgehead atoms. The fraction of sp³-hybridized carbons (Fsp3) is 0.333. The van der Waals surface area contributed by atoms with Crippen LogP contribution in [0.4, 0.5) is 5.69 Å². The summed E-state index contributed by atoms with van der Waals surface area (Å²) in [6.45, 7) is 4.67. The van der Waals surface area contributed by atoms with E-state index in [4.69, 9.17) is 21.8 Å². The van der Waals surface area contributed by atoms with E-state index in [9.17, 15) is 0 Å². The summed E-state index contributed by atoms with van der Waals surface area (Å²) in [7, 11) is 2.01. The van der Waals surface area contributed by atoms with E-state index >= 15 is 0 Å². The average Bonchev–Trinajstić information content (AvgIpc) is 2.74. The molecule has 0 amide bonds. The van der Waals surface area contributed by atoms with Crippen LogP contribution in [0.2, 0.25) is 5.02 Å². The second-order valence-corrected chi connectivity index (χ2v) is 5.26. The van der Waals surface area contributed by atoms with Gasteiger partial charge in [0, 0.05) is 25.2 Å². The van der Waals surface area contributed by atoms with Crippen LogP contribution in [0.25, 0.3) is 0 Å². The van der Waals surface area contributed by atoms with Crippen molar-refractivity contribution in [2.75, 3.05) is 11.9 Å². The van der Waals surface area contributed by atoms with Crippen LogP contribution < -0.4 is 10.6 Å². The second kappa shape index (κ2) is 5.68. The predicted octanol–water partition coefficient (Wildman–Crippen LogP) is 3.90. The van der Waals surface area contributed by atoms with Gasteiger partial charge >= 0.3 is 0 Å². The second-order valence-electron chi connectivity index (χ2n) is 4.86. The maximum Gasteiger partial charge on any atom is 0.105 e. The number of halogens is 1. The molecule has 2 N–H and O–H groups in total. The molecule has 0 saturated carbocycles. The quantitative estimate of drug-likeness (QED) is 0.922. The van der Waals surface area contributed by atoms with Crippen molar-refractivity contribution in [3.8, 4) is 0 Å². The lowest BCUT2D eigenvalue weighted by Gasteiger charge is -2.21. The van der Waals surface area contributed by atoms with Gasteiger partial charge in [0.25, 0.3) is 0 Å². The lowest BCUT2D eigenvalue weighted by molar-refractivity contribution is 0.529. The molecule has 0 aliphatic carbocycles. The van der Waals surface area contributed by atoms with E-state index in [0.717, 1.165) is 34.1 Å². The third-order valence-corrected chi connectivity index (χ3v) is 3.59. The Morgan fingerprint density at radius 1 is 1.37 bits per heavy atom. The molecular formula is C15H19ClN2O. The Labute approximate surface area is 119 Å². The van der Waals surface area contributed by atoms with Gasteiger partial charge in [0.15, 0.2) is 0 Å². The first-order valence-corrected chi connectivity index (χ1v) is 6.66. The Balaban J connectivity index is 2.20. The molecule has 1 atom stereocenters. The van der Waals surface area contributed by atoms with Crippen LogP contribution in [0.1, 0.15) is 29.9 Å². The fourth-order valence-electron chi connectivity index (χ4n) is 2.03. The van der Waals surface area contributed by atoms with E-state index in [1.54, 1.807) is 6.26 Å². The van der Waals surface area contributed by atoms with Gasteiger partial charge in [0.1, 0.15) is 5.76 Å². The first kappa shape index (κ1) is 14.0. The largest absolute Gasteiger partial charge is 0.469 e. The summed E-state index contributed by atoms with van der Waals surface area (Å²) in [5.41, 5.74) is 9.05. The monoisotopic (exact) mass is 278 g/mol. The summed E-state index contributed by atoms with van der Waals surface area (Å²) < 4.78 is 5.31. The Morgan fingerprint density at radius 3 is 2.63 bits per heavy atom. The van der Waals surface area contributed by atoms with Crippen LogP contribution in [-0.2, 0) is 6.54 Å². The average molecular weight is 279 g/mol. The molecule has 2 rings (SSSR count). The summed E-state index contributed by atoms with van der Waals surface area (Å²) in [6.07, 6.45) is 1.71. The first-order valence-electron chi connectivity index (χ1n) is 6.28. The van der Waals surface area contributed by atoms with Crippen molar-refractivity contribution < 1.29 is 4.42 Å². The molecule has 1 heterocycles. The third kappa shape index (κ3) is 3.11. The number of hydrogen-bond donors (Lipinski definition) is 1. The highest BCUT2D eigenvalue weighted by atomic mass is 35.5. The van der Waals surface area contributed by atoms with Gasteiger partial charge in [-0.05, 0) is 37.6 Å². The van der Waals surface area contributed by atoms with Crippen molar-refractivity contribution in [2.45, 2.75) is 26.4 Å². The van der Waals surface area contributed by atoms with E-state index in [2.05, 4.69) is 4.90 Å². The first-order chi connectivity index (χ1) is 8.99. The minimum Gasteiger partial charge on any atom is -0.469 e. The number of rotatable bonds is 4. The van der Waals surface area contributed by atoms with Gasteiger partial charge in [-0.3, -0.25) is 0 Å². The van der Waals surface area contributed by atoms with Gasteiger partial charge in [-0.15, -0.1) is 0 Å². The van der Waals surface area contributed by atoms with Crippen LogP contribution in [0.3, 0.4) is 0 Å². The molecule has 0 fully saturated rings. The lowest BCUT2D eigenvalue weighted by atomic mass is 10.1. The molecule has 19 heavy (non-hydrogen) atoms. The zero-order valence-corrected chi connectivity index (χ0v) is 12.2. The Bertz CT molecular complexity index is 563. The van der Waals surface area contributed by atoms with Gasteiger partial charge in [-0.25, -0.2) is 0 Å². The molecule has 0 aliphatic heterocycles. The van der Waals surface area contributed by atoms with Crippen molar-refractivity contribution in [1.29, 1.82) is 0 Å². The summed E-state index contributed by atoms with van der Waals surface area (Å²) in [6, 6.07) is 7.94. The summed E-state index contributed by atoms with van der Waals surface area (Å²) in [5.74, 6) is 0.940. The van der Waals surface area contributed by atoms with E-state index < -0.39 is 0 Å². The molecule has 1 unspecified atom stereocenters. The van der Waals surface area contributed by atoms with Crippen molar-refractivity contribution in [3.05, 3.63) is 52.4 Å². The van der Waals surface area contributed by atoms with Gasteiger partial charge in [-0.2, -0.15) is 0 Å². The van der Waals surface area contributed by atoms with Crippen LogP contribution in [0, 0.1) is 6.92 Å². The standard InChI is InChI=1S/C15H19ClN2O/c1-10(17)12-4-5-15(14(16)8-12)18(3)9-13-6-7-19-11(13)2/h4-8,10H,9,17H2,1-3H3. The number of hydrogen-bond acceptors (Lipinski definition) is 3. The highest BCUT2D eigenvalue weighted by molar-refractivity contribution is 6.33. The van der Waals surface area contributed by atoms with E-state index in [1.807, 2.05) is 45.2 Å². The van der Waals surface area contributed by atoms with Crippen molar-refractivity contribution in [3.63, 3.8) is 0 Å². The topological polar surface area (TPSA) is 42.4 Å². The molecule has 3 nitrogen and oxygen atoms in total. The number of nitrogens with zero attached hydrogens (tertiary/aromatic N) is 1. The highest BCUT2D eigenvalue weighted by Gasteiger charge is 2.11. The molecule has 0 saturated heterocycles. The van der Waals surface area contributed by atoms with Crippen LogP contribution >= 0.6 is 11.6 Å². The molecule has 0 spiro atoms. The van der Waals surface area contributed by atoms with Gasteiger partial charge in [0.05, 0.1) is 17.0 Å². The number of benzene rings is 1. The van der Waals surface area contributed by atoms with Gasteiger partial charge < -0.3 is 15.1 Å². The highest BCUT2D eigenvalue weighted by Crippen LogP contribution is 2.29. The van der Waals surface area contributed by atoms with E-state index in [-0.39, 0.29) is 6.04 Å². The lowest BCUT2D eigenvalue weighted by Crippen LogP contribution is -2.17. The molecular weight excluding hydrogens is 260 g/mol. The summed E-state index contributed by atoms with van der Waals surface area (Å²) in [5, 5.41) is 0.721. The smallest absolute Gasteiger partial charge is 0.105 e. The third-order valence-electron chi connectivity index (χ3n) is 3.28. The predicted molar refractivity (Wildman–Crippen MR) is 79.6 cm³/mol. The van der Waals surface area contributed by atoms with E-state index in [1.165, 1.54) is 0 Å². The fourth-order valence-corrected chi connectivity index (χ4v) is 2.37. The van der Waals surface area contributed by atoms with Crippen molar-refractivity contribution >= 4 is 17.3 Å². The molecule has 1 aromatic heterocycles. The van der Waals surface area contributed by atoms with E-state index in [0.29, 0.717) is 0 Å². The van der Waals surface area contributed by atoms with Crippen LogP contribution in [-0.4, -0.2) is 7.05 Å². The zero-order chi connectivity index (χ0) is 14.0. The van der Waals surface area contributed by atoms with Gasteiger partial charge in [0.2, 0.25) is 0 Å². The van der Waals surface area contributed by atoms with Gasteiger partial charge in [-0.1, -0.05) is 17.7 Å². The zero-order valence-electron chi connectivity index (χ0n) is 11.5. The number of nitrogens with two attached hydrogens (primary N) is 1. The summed E-state index contributed by atoms with van der Waals surface area (Å²) >= 11 is 6.33. The molecule has 4 heteroatoms. The number of aryl methyl sites for hydroxylation is 1. The minimum atomic E-state index is -0.00651. The Hall–Kier alpha value is -1.45. The molecule has 102 valence electrons. The minimum absolute atomic E-state index is 0.00651. The summed E-state index contributed by atoms with van der Waals surface area (Å²) in [4.78, 5) is 2.10. The van der Waals surface area contributed by atoms with Crippen LogP contribution in [0.15, 0.2) is 34.9 Å². The number of anilines is 1. The molecule has 0 aliphatic rings. The molecule has 0 radical (unpaired) electrons. The van der Waals surface area contributed by atoms with Crippen LogP contribution in [0.5, 0.6) is 0 Å². The molecule has 1 aromatic carbocycles. The Morgan fingerprint density at radius 2 is 2.11 bits per heavy atom.